The summed E-state index contributed by atoms with van der Waals surface area (Å²) in [5.41, 5.74) is 2.26. The number of ether oxygens (including phenoxy) is 2. The lowest BCUT2D eigenvalue weighted by Crippen LogP contribution is -2.54. The van der Waals surface area contributed by atoms with Gasteiger partial charge >= 0.3 is 6.03 Å². The topological polar surface area (TPSA) is 54.0 Å². The maximum atomic E-state index is 12.8. The SMILES string of the molecule is COc1ccc(CN2C[C@]3(CC[C@@](c4ccc(OC)cc4)(N(C)C)CC3)NC2=O)cc1. The van der Waals surface area contributed by atoms with Gasteiger partial charge in [-0.3, -0.25) is 4.90 Å². The number of benzene rings is 2. The van der Waals surface area contributed by atoms with E-state index >= 15 is 0 Å². The zero-order valence-electron chi connectivity index (χ0n) is 19.0. The number of methoxy groups -OCH3 is 2. The molecule has 6 heteroatoms. The molecule has 2 aromatic carbocycles. The Kier molecular flexibility index (Phi) is 5.84. The standard InChI is InChI=1S/C25H33N3O3/c1-27(2)25(20-7-11-22(31-4)12-8-20)15-13-24(14-16-25)18-28(23(29)26-24)17-19-5-9-21(30-3)10-6-19/h5-12H,13-18H2,1-4H3,(H,26,29)/t24-,25-. The molecule has 1 aliphatic carbocycles. The third-order valence-electron chi connectivity index (χ3n) is 7.20. The minimum atomic E-state index is -0.143. The van der Waals surface area contributed by atoms with Gasteiger partial charge in [0.25, 0.3) is 0 Å². The Labute approximate surface area is 185 Å². The summed E-state index contributed by atoms with van der Waals surface area (Å²) in [7, 11) is 7.67. The monoisotopic (exact) mass is 423 g/mol. The summed E-state index contributed by atoms with van der Waals surface area (Å²) in [4.78, 5) is 17.1. The number of urea groups is 1. The lowest BCUT2D eigenvalue weighted by atomic mass is 9.69. The second-order valence-electron chi connectivity index (χ2n) is 9.07. The van der Waals surface area contributed by atoms with Crippen LogP contribution in [0.25, 0.3) is 0 Å². The fourth-order valence-corrected chi connectivity index (χ4v) is 5.18. The van der Waals surface area contributed by atoms with Crippen molar-refractivity contribution in [2.75, 3.05) is 34.9 Å². The van der Waals surface area contributed by atoms with Crippen molar-refractivity contribution < 1.29 is 14.3 Å². The molecule has 1 heterocycles. The van der Waals surface area contributed by atoms with Crippen molar-refractivity contribution in [1.29, 1.82) is 0 Å². The van der Waals surface area contributed by atoms with Crippen LogP contribution in [0.3, 0.4) is 0 Å². The third kappa shape index (κ3) is 4.09. The number of carbonyl (C=O) groups excluding carboxylic acids is 1. The minimum Gasteiger partial charge on any atom is -0.497 e. The fraction of sp³-hybridized carbons (Fsp3) is 0.480. The van der Waals surface area contributed by atoms with E-state index < -0.39 is 0 Å². The predicted octanol–water partition coefficient (Wildman–Crippen LogP) is 4.00. The largest absolute Gasteiger partial charge is 0.497 e. The predicted molar refractivity (Wildman–Crippen MR) is 121 cm³/mol. The molecule has 1 aliphatic heterocycles. The van der Waals surface area contributed by atoms with Crippen LogP contribution in [0.5, 0.6) is 11.5 Å². The first-order chi connectivity index (χ1) is 14.9. The van der Waals surface area contributed by atoms with E-state index in [1.807, 2.05) is 41.3 Å². The van der Waals surface area contributed by atoms with Crippen molar-refractivity contribution in [3.05, 3.63) is 59.7 Å². The normalized spacial score (nSPS) is 25.7. The molecule has 2 fully saturated rings. The molecular formula is C25H33N3O3. The van der Waals surface area contributed by atoms with Crippen molar-refractivity contribution in [3.63, 3.8) is 0 Å². The Morgan fingerprint density at radius 2 is 1.45 bits per heavy atom. The van der Waals surface area contributed by atoms with E-state index in [2.05, 4.69) is 36.4 Å². The van der Waals surface area contributed by atoms with E-state index in [0.717, 1.165) is 49.3 Å². The highest BCUT2D eigenvalue weighted by atomic mass is 16.5. The van der Waals surface area contributed by atoms with Crippen LogP contribution >= 0.6 is 0 Å². The smallest absolute Gasteiger partial charge is 0.318 e. The first kappa shape index (κ1) is 21.5. The maximum Gasteiger partial charge on any atom is 0.318 e. The summed E-state index contributed by atoms with van der Waals surface area (Å²) >= 11 is 0. The molecule has 4 rings (SSSR count). The Balaban J connectivity index is 1.46. The van der Waals surface area contributed by atoms with Gasteiger partial charge in [-0.25, -0.2) is 4.79 Å². The summed E-state index contributed by atoms with van der Waals surface area (Å²) in [6.45, 7) is 1.37. The molecule has 0 radical (unpaired) electrons. The molecule has 31 heavy (non-hydrogen) atoms. The molecule has 1 saturated carbocycles. The summed E-state index contributed by atoms with van der Waals surface area (Å²) in [5, 5.41) is 3.33. The number of nitrogens with one attached hydrogen (secondary N) is 1. The molecule has 2 aliphatic rings. The molecule has 1 N–H and O–H groups in total. The van der Waals surface area contributed by atoms with Gasteiger partial charge in [0.15, 0.2) is 0 Å². The Hall–Kier alpha value is -2.73. The van der Waals surface area contributed by atoms with Gasteiger partial charge in [0, 0.05) is 18.6 Å². The van der Waals surface area contributed by atoms with Crippen LogP contribution in [0.1, 0.15) is 36.8 Å². The molecule has 0 unspecified atom stereocenters. The molecule has 1 spiro atoms. The average molecular weight is 424 g/mol. The molecule has 0 bridgehead atoms. The van der Waals surface area contributed by atoms with Gasteiger partial charge in [0.1, 0.15) is 11.5 Å². The van der Waals surface area contributed by atoms with E-state index in [9.17, 15) is 4.79 Å². The number of carbonyl (C=O) groups is 1. The Morgan fingerprint density at radius 3 is 1.97 bits per heavy atom. The molecule has 166 valence electrons. The van der Waals surface area contributed by atoms with Gasteiger partial charge in [-0.15, -0.1) is 0 Å². The molecule has 1 saturated heterocycles. The quantitative estimate of drug-likeness (QED) is 0.763. The van der Waals surface area contributed by atoms with Crippen LogP contribution in [0.15, 0.2) is 48.5 Å². The number of hydrogen-bond donors (Lipinski definition) is 1. The van der Waals surface area contributed by atoms with Crippen molar-refractivity contribution in [2.45, 2.75) is 43.3 Å². The van der Waals surface area contributed by atoms with Gasteiger partial charge in [0.2, 0.25) is 0 Å². The van der Waals surface area contributed by atoms with Gasteiger partial charge < -0.3 is 19.7 Å². The van der Waals surface area contributed by atoms with Crippen LogP contribution < -0.4 is 14.8 Å². The lowest BCUT2D eigenvalue weighted by Gasteiger charge is -2.48. The van der Waals surface area contributed by atoms with E-state index in [-0.39, 0.29) is 17.1 Å². The van der Waals surface area contributed by atoms with Crippen LogP contribution in [0.2, 0.25) is 0 Å². The zero-order chi connectivity index (χ0) is 22.1. The van der Waals surface area contributed by atoms with Crippen LogP contribution in [-0.2, 0) is 12.1 Å². The van der Waals surface area contributed by atoms with Crippen molar-refractivity contribution in [2.24, 2.45) is 0 Å². The molecule has 0 aromatic heterocycles. The second kappa shape index (κ2) is 8.42. The van der Waals surface area contributed by atoms with Gasteiger partial charge in [0.05, 0.1) is 19.8 Å². The summed E-state index contributed by atoms with van der Waals surface area (Å²) in [6, 6.07) is 16.4. The van der Waals surface area contributed by atoms with E-state index in [4.69, 9.17) is 9.47 Å². The van der Waals surface area contributed by atoms with Crippen LogP contribution in [0.4, 0.5) is 4.79 Å². The average Bonchev–Trinajstić information content (AvgIpc) is 3.09. The maximum absolute atomic E-state index is 12.8. The summed E-state index contributed by atoms with van der Waals surface area (Å²) in [5.74, 6) is 1.71. The van der Waals surface area contributed by atoms with E-state index in [1.54, 1.807) is 14.2 Å². The molecular weight excluding hydrogens is 390 g/mol. The van der Waals surface area contributed by atoms with Crippen molar-refractivity contribution >= 4 is 6.03 Å². The zero-order valence-corrected chi connectivity index (χ0v) is 19.0. The number of rotatable bonds is 6. The molecule has 2 amide bonds. The highest BCUT2D eigenvalue weighted by Gasteiger charge is 2.49. The first-order valence-electron chi connectivity index (χ1n) is 10.9. The Morgan fingerprint density at radius 1 is 0.903 bits per heavy atom. The third-order valence-corrected chi connectivity index (χ3v) is 7.20. The van der Waals surface area contributed by atoms with Crippen LogP contribution in [0, 0.1) is 0 Å². The minimum absolute atomic E-state index is 0.0222. The van der Waals surface area contributed by atoms with Gasteiger partial charge in [-0.1, -0.05) is 24.3 Å². The number of nitrogens with zero attached hydrogens (tertiary/aromatic N) is 2. The highest BCUT2D eigenvalue weighted by Crippen LogP contribution is 2.46. The van der Waals surface area contributed by atoms with Crippen LogP contribution in [-0.4, -0.2) is 56.2 Å². The van der Waals surface area contributed by atoms with Gasteiger partial charge in [-0.2, -0.15) is 0 Å². The molecule has 2 aromatic rings. The van der Waals surface area contributed by atoms with Crippen molar-refractivity contribution in [3.8, 4) is 11.5 Å². The lowest BCUT2D eigenvalue weighted by molar-refractivity contribution is 0.0617. The fourth-order valence-electron chi connectivity index (χ4n) is 5.18. The molecule has 0 atom stereocenters. The number of hydrogen-bond acceptors (Lipinski definition) is 4. The van der Waals surface area contributed by atoms with Gasteiger partial charge in [-0.05, 0) is 75.2 Å². The Bertz CT molecular complexity index is 901. The second-order valence-corrected chi connectivity index (χ2v) is 9.07. The molecule has 6 nitrogen and oxygen atoms in total. The number of amides is 2. The summed E-state index contributed by atoms with van der Waals surface area (Å²) in [6.07, 6.45) is 3.93. The van der Waals surface area contributed by atoms with E-state index in [1.165, 1.54) is 5.56 Å². The first-order valence-corrected chi connectivity index (χ1v) is 10.9. The van der Waals surface area contributed by atoms with Crippen molar-refractivity contribution in [1.82, 2.24) is 15.1 Å². The highest BCUT2D eigenvalue weighted by molar-refractivity contribution is 5.78. The summed E-state index contributed by atoms with van der Waals surface area (Å²) < 4.78 is 10.6. The van der Waals surface area contributed by atoms with E-state index in [0.29, 0.717) is 6.54 Å².